The van der Waals surface area contributed by atoms with E-state index in [2.05, 4.69) is 5.32 Å². The molecule has 1 fully saturated rings. The van der Waals surface area contributed by atoms with E-state index in [0.29, 0.717) is 5.69 Å². The highest BCUT2D eigenvalue weighted by Crippen LogP contribution is 2.23. The van der Waals surface area contributed by atoms with Gasteiger partial charge in [-0.15, -0.1) is 0 Å². The molecule has 0 radical (unpaired) electrons. The molecule has 2 atom stereocenters. The minimum absolute atomic E-state index is 0.0819. The van der Waals surface area contributed by atoms with Gasteiger partial charge in [0.15, 0.2) is 0 Å². The number of benzene rings is 2. The summed E-state index contributed by atoms with van der Waals surface area (Å²) >= 11 is 0. The molecule has 0 bridgehead atoms. The van der Waals surface area contributed by atoms with Gasteiger partial charge in [0.25, 0.3) is 0 Å². The predicted octanol–water partition coefficient (Wildman–Crippen LogP) is 3.01. The molecule has 1 saturated heterocycles. The fourth-order valence-corrected chi connectivity index (χ4v) is 3.24. The Hall–Kier alpha value is -2.86. The first-order valence-electron chi connectivity index (χ1n) is 8.97. The number of hydrogen-bond donors (Lipinski definition) is 2. The molecule has 0 aromatic heterocycles. The maximum Gasteiger partial charge on any atom is 0.410 e. The number of carbonyl (C=O) groups excluding carboxylic acids is 2. The van der Waals surface area contributed by atoms with E-state index < -0.39 is 18.2 Å². The molecular formula is C21H24N2O4. The van der Waals surface area contributed by atoms with Crippen LogP contribution >= 0.6 is 0 Å². The summed E-state index contributed by atoms with van der Waals surface area (Å²) in [5, 5.41) is 12.8. The van der Waals surface area contributed by atoms with Crippen LogP contribution in [-0.4, -0.2) is 40.7 Å². The molecule has 1 aliphatic rings. The van der Waals surface area contributed by atoms with Gasteiger partial charge in [-0.2, -0.15) is 0 Å². The Morgan fingerprint density at radius 2 is 1.93 bits per heavy atom. The highest BCUT2D eigenvalue weighted by Gasteiger charge is 2.40. The van der Waals surface area contributed by atoms with Gasteiger partial charge in [-0.05, 0) is 31.0 Å². The molecule has 1 aliphatic heterocycles. The Balaban J connectivity index is 1.65. The summed E-state index contributed by atoms with van der Waals surface area (Å²) in [6.07, 6.45) is -1.16. The first-order valence-corrected chi connectivity index (χ1v) is 8.97. The van der Waals surface area contributed by atoms with E-state index in [1.165, 1.54) is 4.90 Å². The van der Waals surface area contributed by atoms with Crippen molar-refractivity contribution in [2.45, 2.75) is 39.0 Å². The van der Waals surface area contributed by atoms with Gasteiger partial charge in [0.1, 0.15) is 12.6 Å². The molecule has 2 N–H and O–H groups in total. The Morgan fingerprint density at radius 1 is 1.19 bits per heavy atom. The van der Waals surface area contributed by atoms with Crippen molar-refractivity contribution in [3.8, 4) is 0 Å². The third-order valence-electron chi connectivity index (χ3n) is 4.66. The van der Waals surface area contributed by atoms with Crippen LogP contribution in [0.3, 0.4) is 0 Å². The minimum atomic E-state index is -0.760. The van der Waals surface area contributed by atoms with Crippen LogP contribution in [0, 0.1) is 13.8 Å². The first-order chi connectivity index (χ1) is 12.9. The number of nitrogens with one attached hydrogen (secondary N) is 1. The molecule has 0 aliphatic carbocycles. The molecule has 1 heterocycles. The third-order valence-corrected chi connectivity index (χ3v) is 4.66. The molecule has 2 amide bonds. The number of nitrogens with zero attached hydrogens (tertiary/aromatic N) is 1. The number of amides is 2. The number of aliphatic hydroxyl groups excluding tert-OH is 1. The Labute approximate surface area is 158 Å². The van der Waals surface area contributed by atoms with Crippen molar-refractivity contribution in [1.82, 2.24) is 4.90 Å². The minimum Gasteiger partial charge on any atom is -0.445 e. The lowest BCUT2D eigenvalue weighted by atomic mass is 10.1. The van der Waals surface area contributed by atoms with Gasteiger partial charge in [0.2, 0.25) is 5.91 Å². The van der Waals surface area contributed by atoms with E-state index in [-0.39, 0.29) is 25.5 Å². The molecule has 142 valence electrons. The number of likely N-dealkylation sites (tertiary alicyclic amines) is 1. The van der Waals surface area contributed by atoms with Crippen molar-refractivity contribution in [1.29, 1.82) is 0 Å². The van der Waals surface area contributed by atoms with Crippen molar-refractivity contribution < 1.29 is 19.4 Å². The highest BCUT2D eigenvalue weighted by atomic mass is 16.6. The van der Waals surface area contributed by atoms with Gasteiger partial charge < -0.3 is 15.2 Å². The van der Waals surface area contributed by atoms with Gasteiger partial charge in [0, 0.05) is 12.1 Å². The molecule has 0 saturated carbocycles. The van der Waals surface area contributed by atoms with Gasteiger partial charge in [0.05, 0.1) is 12.6 Å². The Morgan fingerprint density at radius 3 is 2.63 bits per heavy atom. The molecule has 0 spiro atoms. The summed E-state index contributed by atoms with van der Waals surface area (Å²) < 4.78 is 5.33. The van der Waals surface area contributed by atoms with Crippen molar-refractivity contribution in [3.63, 3.8) is 0 Å². The van der Waals surface area contributed by atoms with Gasteiger partial charge >= 0.3 is 6.09 Å². The van der Waals surface area contributed by atoms with Crippen LogP contribution < -0.4 is 5.32 Å². The van der Waals surface area contributed by atoms with E-state index in [1.807, 2.05) is 62.4 Å². The summed E-state index contributed by atoms with van der Waals surface area (Å²) in [7, 11) is 0. The van der Waals surface area contributed by atoms with Crippen molar-refractivity contribution in [2.75, 3.05) is 11.9 Å². The number of rotatable bonds is 4. The number of ether oxygens (including phenoxy) is 1. The normalized spacial score (nSPS) is 19.0. The van der Waals surface area contributed by atoms with Crippen LogP contribution in [0.4, 0.5) is 10.5 Å². The smallest absolute Gasteiger partial charge is 0.410 e. The zero-order chi connectivity index (χ0) is 19.4. The van der Waals surface area contributed by atoms with E-state index in [4.69, 9.17) is 4.74 Å². The number of hydrogen-bond acceptors (Lipinski definition) is 4. The van der Waals surface area contributed by atoms with Crippen LogP contribution in [0.25, 0.3) is 0 Å². The van der Waals surface area contributed by atoms with Crippen LogP contribution in [0.1, 0.15) is 23.1 Å². The zero-order valence-electron chi connectivity index (χ0n) is 15.5. The van der Waals surface area contributed by atoms with Crippen LogP contribution in [0.15, 0.2) is 48.5 Å². The standard InChI is InChI=1S/C21H24N2O4/c1-14-8-9-18(15(2)10-14)22-20(25)19-11-17(24)12-23(19)21(26)27-13-16-6-4-3-5-7-16/h3-10,17,19,24H,11-13H2,1-2H3,(H,22,25)/t17-,19-/m0/s1. The van der Waals surface area contributed by atoms with E-state index >= 15 is 0 Å². The quantitative estimate of drug-likeness (QED) is 0.870. The maximum absolute atomic E-state index is 12.7. The summed E-state index contributed by atoms with van der Waals surface area (Å²) in [6.45, 7) is 4.10. The SMILES string of the molecule is Cc1ccc(NC(=O)[C@@H]2C[C@H](O)CN2C(=O)OCc2ccccc2)c(C)c1. The molecule has 6 heteroatoms. The van der Waals surface area contributed by atoms with E-state index in [0.717, 1.165) is 16.7 Å². The fourth-order valence-electron chi connectivity index (χ4n) is 3.24. The highest BCUT2D eigenvalue weighted by molar-refractivity contribution is 5.97. The molecule has 3 rings (SSSR count). The largest absolute Gasteiger partial charge is 0.445 e. The molecule has 2 aromatic rings. The van der Waals surface area contributed by atoms with Gasteiger partial charge in [-0.25, -0.2) is 4.79 Å². The number of anilines is 1. The Kier molecular flexibility index (Phi) is 5.76. The van der Waals surface area contributed by atoms with Crippen LogP contribution in [0.2, 0.25) is 0 Å². The summed E-state index contributed by atoms with van der Waals surface area (Å²) in [4.78, 5) is 26.5. The van der Waals surface area contributed by atoms with Gasteiger partial charge in [-0.1, -0.05) is 48.0 Å². The fraction of sp³-hybridized carbons (Fsp3) is 0.333. The second-order valence-corrected chi connectivity index (χ2v) is 6.91. The van der Waals surface area contributed by atoms with E-state index in [9.17, 15) is 14.7 Å². The molecule has 0 unspecified atom stereocenters. The average Bonchev–Trinajstić information content (AvgIpc) is 3.05. The zero-order valence-corrected chi connectivity index (χ0v) is 15.5. The topological polar surface area (TPSA) is 78.9 Å². The number of β-amino-alcohol motifs (C(OH)–C–C–N with tert-alkyl or cyclic N) is 1. The number of aryl methyl sites for hydroxylation is 2. The number of carbonyl (C=O) groups is 2. The average molecular weight is 368 g/mol. The molecule has 2 aromatic carbocycles. The lowest BCUT2D eigenvalue weighted by Crippen LogP contribution is -2.43. The number of aliphatic hydroxyl groups is 1. The lowest BCUT2D eigenvalue weighted by molar-refractivity contribution is -0.120. The van der Waals surface area contributed by atoms with Crippen molar-refractivity contribution in [3.05, 3.63) is 65.2 Å². The van der Waals surface area contributed by atoms with Crippen LogP contribution in [-0.2, 0) is 16.1 Å². The summed E-state index contributed by atoms with van der Waals surface area (Å²) in [5.74, 6) is -0.324. The molecular weight excluding hydrogens is 344 g/mol. The van der Waals surface area contributed by atoms with Crippen molar-refractivity contribution >= 4 is 17.7 Å². The van der Waals surface area contributed by atoms with E-state index in [1.54, 1.807) is 0 Å². The third kappa shape index (κ3) is 4.65. The second kappa shape index (κ2) is 8.22. The van der Waals surface area contributed by atoms with Crippen LogP contribution in [0.5, 0.6) is 0 Å². The summed E-state index contributed by atoms with van der Waals surface area (Å²) in [5.41, 5.74) is 3.61. The summed E-state index contributed by atoms with van der Waals surface area (Å²) in [6, 6.07) is 14.3. The monoisotopic (exact) mass is 368 g/mol. The molecule has 6 nitrogen and oxygen atoms in total. The predicted molar refractivity (Wildman–Crippen MR) is 102 cm³/mol. The lowest BCUT2D eigenvalue weighted by Gasteiger charge is -2.23. The molecule has 27 heavy (non-hydrogen) atoms. The van der Waals surface area contributed by atoms with Gasteiger partial charge in [-0.3, -0.25) is 9.69 Å². The van der Waals surface area contributed by atoms with Crippen molar-refractivity contribution in [2.24, 2.45) is 0 Å². The first kappa shape index (κ1) is 18.9. The second-order valence-electron chi connectivity index (χ2n) is 6.91. The maximum atomic E-state index is 12.7. The Bertz CT molecular complexity index is 822.